The third-order valence-electron chi connectivity index (χ3n) is 5.39. The SMILES string of the molecule is CN(C)C(=N)c1ccc(C2=CC(CNC(=O)c3ccc(Cl)s3)ON2)c(N2CCCC2)c1. The van der Waals surface area contributed by atoms with Crippen molar-refractivity contribution in [3.8, 4) is 0 Å². The van der Waals surface area contributed by atoms with Gasteiger partial charge in [-0.3, -0.25) is 20.5 Å². The highest BCUT2D eigenvalue weighted by atomic mass is 35.5. The number of nitrogens with one attached hydrogen (secondary N) is 3. The molecule has 0 saturated carbocycles. The van der Waals surface area contributed by atoms with Gasteiger partial charge in [0.25, 0.3) is 5.91 Å². The summed E-state index contributed by atoms with van der Waals surface area (Å²) >= 11 is 7.16. The predicted molar refractivity (Wildman–Crippen MR) is 126 cm³/mol. The number of rotatable bonds is 6. The largest absolute Gasteiger partial charge is 0.371 e. The van der Waals surface area contributed by atoms with Gasteiger partial charge in [0.2, 0.25) is 0 Å². The highest BCUT2D eigenvalue weighted by Crippen LogP contribution is 2.32. The molecule has 1 saturated heterocycles. The summed E-state index contributed by atoms with van der Waals surface area (Å²) in [5.74, 6) is 0.317. The molecule has 2 aromatic rings. The molecule has 4 rings (SSSR count). The molecule has 1 atom stereocenters. The third kappa shape index (κ3) is 4.87. The Morgan fingerprint density at radius 2 is 2.10 bits per heavy atom. The number of hydroxylamine groups is 1. The molecule has 1 aromatic carbocycles. The molecule has 2 aliphatic heterocycles. The van der Waals surface area contributed by atoms with E-state index in [0.717, 1.165) is 35.6 Å². The zero-order valence-corrected chi connectivity index (χ0v) is 19.1. The molecule has 0 radical (unpaired) electrons. The number of hydrogen-bond acceptors (Lipinski definition) is 6. The lowest BCUT2D eigenvalue weighted by Crippen LogP contribution is -2.32. The van der Waals surface area contributed by atoms with Gasteiger partial charge >= 0.3 is 0 Å². The van der Waals surface area contributed by atoms with Gasteiger partial charge in [0.15, 0.2) is 0 Å². The van der Waals surface area contributed by atoms with Gasteiger partial charge in [-0.2, -0.15) is 0 Å². The van der Waals surface area contributed by atoms with E-state index in [4.69, 9.17) is 21.8 Å². The maximum Gasteiger partial charge on any atom is 0.261 e. The van der Waals surface area contributed by atoms with Crippen LogP contribution in [0.25, 0.3) is 5.70 Å². The maximum atomic E-state index is 12.3. The molecule has 0 spiro atoms. The van der Waals surface area contributed by atoms with Gasteiger partial charge in [-0.1, -0.05) is 23.7 Å². The quantitative estimate of drug-likeness (QED) is 0.454. The van der Waals surface area contributed by atoms with Gasteiger partial charge in [0.05, 0.1) is 21.5 Å². The fourth-order valence-corrected chi connectivity index (χ4v) is 4.70. The highest BCUT2D eigenvalue weighted by Gasteiger charge is 2.24. The molecule has 0 bridgehead atoms. The summed E-state index contributed by atoms with van der Waals surface area (Å²) < 4.78 is 0.589. The Kier molecular flexibility index (Phi) is 6.50. The number of carbonyl (C=O) groups excluding carboxylic acids is 1. The lowest BCUT2D eigenvalue weighted by Gasteiger charge is -2.24. The first kappa shape index (κ1) is 21.7. The fourth-order valence-electron chi connectivity index (χ4n) is 3.74. The van der Waals surface area contributed by atoms with E-state index >= 15 is 0 Å². The maximum absolute atomic E-state index is 12.3. The van der Waals surface area contributed by atoms with Crippen LogP contribution < -0.4 is 15.7 Å². The van der Waals surface area contributed by atoms with Crippen molar-refractivity contribution in [1.82, 2.24) is 15.7 Å². The number of nitrogens with zero attached hydrogens (tertiary/aromatic N) is 2. The van der Waals surface area contributed by atoms with Gasteiger partial charge in [-0.15, -0.1) is 11.3 Å². The Bertz CT molecular complexity index is 1010. The Morgan fingerprint density at radius 3 is 2.77 bits per heavy atom. The van der Waals surface area contributed by atoms with Crippen molar-refractivity contribution in [3.05, 3.63) is 56.7 Å². The minimum atomic E-state index is -0.277. The van der Waals surface area contributed by atoms with E-state index in [9.17, 15) is 4.79 Å². The molecule has 1 aromatic heterocycles. The minimum Gasteiger partial charge on any atom is -0.371 e. The van der Waals surface area contributed by atoms with E-state index in [1.807, 2.05) is 32.3 Å². The molecule has 0 aliphatic carbocycles. The van der Waals surface area contributed by atoms with Crippen LogP contribution in [-0.4, -0.2) is 56.5 Å². The first-order valence-corrected chi connectivity index (χ1v) is 11.4. The number of thiophene rings is 1. The molecule has 3 heterocycles. The summed E-state index contributed by atoms with van der Waals surface area (Å²) in [6.07, 6.45) is 4.05. The molecule has 1 fully saturated rings. The summed E-state index contributed by atoms with van der Waals surface area (Å²) in [5.41, 5.74) is 6.92. The summed E-state index contributed by atoms with van der Waals surface area (Å²) in [7, 11) is 3.76. The Labute approximate surface area is 191 Å². The average molecular weight is 460 g/mol. The van der Waals surface area contributed by atoms with E-state index < -0.39 is 0 Å². The molecule has 31 heavy (non-hydrogen) atoms. The lowest BCUT2D eigenvalue weighted by molar-refractivity contribution is 0.0499. The van der Waals surface area contributed by atoms with Crippen LogP contribution >= 0.6 is 22.9 Å². The van der Waals surface area contributed by atoms with Gasteiger partial charge in [0, 0.05) is 44.0 Å². The van der Waals surface area contributed by atoms with Gasteiger partial charge < -0.3 is 15.1 Å². The number of amides is 1. The highest BCUT2D eigenvalue weighted by molar-refractivity contribution is 7.18. The second-order valence-electron chi connectivity index (χ2n) is 7.82. The smallest absolute Gasteiger partial charge is 0.261 e. The lowest BCUT2D eigenvalue weighted by atomic mass is 10.0. The van der Waals surface area contributed by atoms with Gasteiger partial charge in [-0.25, -0.2) is 0 Å². The molecule has 7 nitrogen and oxygen atoms in total. The molecule has 3 N–H and O–H groups in total. The summed E-state index contributed by atoms with van der Waals surface area (Å²) in [6.45, 7) is 2.36. The van der Waals surface area contributed by atoms with Crippen molar-refractivity contribution in [1.29, 1.82) is 5.41 Å². The molecule has 164 valence electrons. The second-order valence-corrected chi connectivity index (χ2v) is 9.54. The average Bonchev–Trinajstić information content (AvgIpc) is 3.52. The Morgan fingerprint density at radius 1 is 1.32 bits per heavy atom. The first-order valence-electron chi connectivity index (χ1n) is 10.2. The summed E-state index contributed by atoms with van der Waals surface area (Å²) in [4.78, 5) is 22.7. The predicted octanol–water partition coefficient (Wildman–Crippen LogP) is 3.56. The zero-order valence-electron chi connectivity index (χ0n) is 17.6. The normalized spacial score (nSPS) is 18.0. The summed E-state index contributed by atoms with van der Waals surface area (Å²) in [6, 6.07) is 9.52. The number of carbonyl (C=O) groups is 1. The van der Waals surface area contributed by atoms with Crippen LogP contribution in [0.3, 0.4) is 0 Å². The van der Waals surface area contributed by atoms with Crippen molar-refractivity contribution in [2.24, 2.45) is 0 Å². The molecule has 1 unspecified atom stereocenters. The monoisotopic (exact) mass is 459 g/mol. The van der Waals surface area contributed by atoms with Crippen molar-refractivity contribution in [2.45, 2.75) is 18.9 Å². The van der Waals surface area contributed by atoms with Crippen molar-refractivity contribution in [2.75, 3.05) is 38.6 Å². The third-order valence-corrected chi connectivity index (χ3v) is 6.62. The van der Waals surface area contributed by atoms with Crippen LogP contribution in [0.2, 0.25) is 4.34 Å². The zero-order chi connectivity index (χ0) is 22.0. The number of anilines is 1. The summed E-state index contributed by atoms with van der Waals surface area (Å²) in [5, 5.41) is 11.2. The van der Waals surface area contributed by atoms with Crippen LogP contribution in [0.15, 0.2) is 36.4 Å². The molecule has 1 amide bonds. The van der Waals surface area contributed by atoms with Crippen molar-refractivity contribution < 1.29 is 9.63 Å². The molecule has 9 heteroatoms. The number of benzene rings is 1. The van der Waals surface area contributed by atoms with E-state index in [-0.39, 0.29) is 12.0 Å². The Hall–Kier alpha value is -2.55. The van der Waals surface area contributed by atoms with Crippen molar-refractivity contribution >= 4 is 46.1 Å². The van der Waals surface area contributed by atoms with Gasteiger partial charge in [0.1, 0.15) is 11.9 Å². The fraction of sp³-hybridized carbons (Fsp3) is 0.364. The standard InChI is InChI=1S/C22H26ClN5O2S/c1-27(2)21(24)14-5-6-16(18(11-14)28-9-3-4-10-28)17-12-15(30-26-17)13-25-22(29)19-7-8-20(23)31-19/h5-8,11-12,15,24,26H,3-4,9-10,13H2,1-2H3,(H,25,29). The minimum absolute atomic E-state index is 0.161. The van der Waals surface area contributed by atoms with Gasteiger partial charge in [-0.05, 0) is 37.1 Å². The number of hydrogen-bond donors (Lipinski definition) is 3. The molecular weight excluding hydrogens is 434 g/mol. The first-order chi connectivity index (χ1) is 14.9. The number of amidine groups is 1. The van der Waals surface area contributed by atoms with Crippen LogP contribution in [0.5, 0.6) is 0 Å². The van der Waals surface area contributed by atoms with Crippen LogP contribution in [0.4, 0.5) is 5.69 Å². The van der Waals surface area contributed by atoms with E-state index in [1.54, 1.807) is 17.0 Å². The Balaban J connectivity index is 1.51. The van der Waals surface area contributed by atoms with Crippen LogP contribution in [0.1, 0.15) is 33.6 Å². The second kappa shape index (κ2) is 9.30. The van der Waals surface area contributed by atoms with Crippen LogP contribution in [-0.2, 0) is 4.84 Å². The number of halogens is 1. The molecule has 2 aliphatic rings. The van der Waals surface area contributed by atoms with E-state index in [2.05, 4.69) is 21.8 Å². The topological polar surface area (TPSA) is 80.7 Å². The molecular formula is C22H26ClN5O2S. The van der Waals surface area contributed by atoms with Crippen LogP contribution in [0, 0.1) is 5.41 Å². The van der Waals surface area contributed by atoms with E-state index in [0.29, 0.717) is 21.6 Å². The van der Waals surface area contributed by atoms with Crippen molar-refractivity contribution in [3.63, 3.8) is 0 Å². The van der Waals surface area contributed by atoms with E-state index in [1.165, 1.54) is 24.2 Å².